The molecule has 0 aliphatic heterocycles. The van der Waals surface area contributed by atoms with Gasteiger partial charge in [-0.1, -0.05) is 56.1 Å². The maximum absolute atomic E-state index is 6.45. The van der Waals surface area contributed by atoms with Crippen molar-refractivity contribution >= 4 is 57.5 Å². The summed E-state index contributed by atoms with van der Waals surface area (Å²) in [5, 5.41) is 0. The van der Waals surface area contributed by atoms with E-state index in [-0.39, 0.29) is 0 Å². The summed E-state index contributed by atoms with van der Waals surface area (Å²) in [7, 11) is -7.09. The van der Waals surface area contributed by atoms with Crippen molar-refractivity contribution in [2.45, 2.75) is 52.5 Å². The van der Waals surface area contributed by atoms with Crippen molar-refractivity contribution in [2.24, 2.45) is 0 Å². The van der Waals surface area contributed by atoms with Crippen LogP contribution in [-0.2, 0) is 30.3 Å². The van der Waals surface area contributed by atoms with Gasteiger partial charge in [-0.2, -0.15) is 0 Å². The number of benzene rings is 2. The van der Waals surface area contributed by atoms with Crippen LogP contribution in [0.5, 0.6) is 0 Å². The summed E-state index contributed by atoms with van der Waals surface area (Å²) in [6, 6.07) is 16.3. The second-order valence-electron chi connectivity index (χ2n) is 8.23. The molecule has 9 heteroatoms. The highest BCUT2D eigenvalue weighted by Crippen LogP contribution is 2.24. The van der Waals surface area contributed by atoms with Gasteiger partial charge in [-0.25, -0.2) is 0 Å². The van der Waals surface area contributed by atoms with Crippen LogP contribution in [0.25, 0.3) is 0 Å². The summed E-state index contributed by atoms with van der Waals surface area (Å²) in [5.74, 6) is 0. The van der Waals surface area contributed by atoms with Crippen LogP contribution in [0.1, 0.15) is 11.1 Å². The molecule has 0 radical (unpaired) electrons. The van der Waals surface area contributed by atoms with Crippen LogP contribution in [0.3, 0.4) is 0 Å². The van der Waals surface area contributed by atoms with Gasteiger partial charge in [0.15, 0.2) is 0 Å². The lowest BCUT2D eigenvalue weighted by Crippen LogP contribution is -2.54. The normalized spacial score (nSPS) is 13.0. The van der Waals surface area contributed by atoms with Crippen molar-refractivity contribution in [3.63, 3.8) is 0 Å². The van der Waals surface area contributed by atoms with Crippen molar-refractivity contribution in [1.29, 1.82) is 0 Å². The molecule has 0 aliphatic rings. The van der Waals surface area contributed by atoms with Gasteiger partial charge in [0.05, 0.1) is 13.2 Å². The van der Waals surface area contributed by atoms with E-state index in [2.05, 4.69) is 95.4 Å². The highest BCUT2D eigenvalue weighted by Gasteiger charge is 2.41. The lowest BCUT2D eigenvalue weighted by molar-refractivity contribution is 0.195. The van der Waals surface area contributed by atoms with Crippen LogP contribution in [-0.4, -0.2) is 25.7 Å². The topological polar surface area (TPSA) is 36.9 Å². The maximum Gasteiger partial charge on any atom is 0.323 e. The second kappa shape index (κ2) is 10.5. The fraction of sp³-hybridized carbons (Fsp3) is 0.400. The minimum Gasteiger partial charge on any atom is -0.415 e. The molecule has 160 valence electrons. The molecule has 0 saturated heterocycles. The number of rotatable bonds is 10. The first kappa shape index (κ1) is 25.2. The minimum absolute atomic E-state index is 0.540. The first-order chi connectivity index (χ1) is 13.4. The van der Waals surface area contributed by atoms with E-state index in [0.717, 1.165) is 20.1 Å². The molecule has 0 bridgehead atoms. The SMILES string of the molecule is C[Si](C)(OCc1ccc(Br)cc1)O[Si](C)(C)O[Si](C)(C)OCc1ccc(Br)cc1. The highest BCUT2D eigenvalue weighted by molar-refractivity contribution is 9.10. The summed E-state index contributed by atoms with van der Waals surface area (Å²) < 4.78 is 27.4. The van der Waals surface area contributed by atoms with E-state index in [0.29, 0.717) is 13.2 Å². The molecular weight excluding hydrogens is 548 g/mol. The smallest absolute Gasteiger partial charge is 0.323 e. The van der Waals surface area contributed by atoms with Gasteiger partial charge < -0.3 is 17.1 Å². The van der Waals surface area contributed by atoms with Crippen LogP contribution >= 0.6 is 31.9 Å². The van der Waals surface area contributed by atoms with E-state index < -0.39 is 25.7 Å². The predicted octanol–water partition coefficient (Wildman–Crippen LogP) is 7.08. The Morgan fingerprint density at radius 2 is 0.862 bits per heavy atom. The molecule has 0 heterocycles. The fourth-order valence-electron chi connectivity index (χ4n) is 2.94. The number of hydrogen-bond donors (Lipinski definition) is 0. The van der Waals surface area contributed by atoms with Crippen LogP contribution in [0, 0.1) is 0 Å². The Balaban J connectivity index is 1.88. The van der Waals surface area contributed by atoms with Gasteiger partial charge in [0, 0.05) is 8.95 Å². The van der Waals surface area contributed by atoms with Crippen molar-refractivity contribution < 1.29 is 17.1 Å². The Kier molecular flexibility index (Phi) is 9.08. The zero-order valence-corrected chi connectivity index (χ0v) is 24.1. The van der Waals surface area contributed by atoms with Gasteiger partial charge in [-0.3, -0.25) is 0 Å². The van der Waals surface area contributed by atoms with Gasteiger partial charge in [0.25, 0.3) is 0 Å². The van der Waals surface area contributed by atoms with Gasteiger partial charge in [-0.05, 0) is 74.7 Å². The molecule has 0 saturated carbocycles. The van der Waals surface area contributed by atoms with Crippen LogP contribution in [0.15, 0.2) is 57.5 Å². The molecule has 0 spiro atoms. The zero-order valence-electron chi connectivity index (χ0n) is 17.9. The third-order valence-corrected chi connectivity index (χ3v) is 14.6. The molecule has 29 heavy (non-hydrogen) atoms. The van der Waals surface area contributed by atoms with Crippen LogP contribution in [0.4, 0.5) is 0 Å². The van der Waals surface area contributed by atoms with E-state index in [4.69, 9.17) is 17.1 Å². The van der Waals surface area contributed by atoms with E-state index >= 15 is 0 Å². The molecule has 2 rings (SSSR count). The average molecular weight is 579 g/mol. The molecule has 0 unspecified atom stereocenters. The molecule has 4 nitrogen and oxygen atoms in total. The van der Waals surface area contributed by atoms with Crippen LogP contribution < -0.4 is 0 Å². The van der Waals surface area contributed by atoms with Crippen molar-refractivity contribution in [3.8, 4) is 0 Å². The number of halogens is 2. The molecule has 2 aromatic rings. The monoisotopic (exact) mass is 576 g/mol. The third-order valence-electron chi connectivity index (χ3n) is 3.98. The van der Waals surface area contributed by atoms with Gasteiger partial charge in [0.2, 0.25) is 0 Å². The number of hydrogen-bond acceptors (Lipinski definition) is 4. The zero-order chi connectivity index (χ0) is 21.7. The molecule has 2 aromatic carbocycles. The van der Waals surface area contributed by atoms with E-state index in [1.54, 1.807) is 0 Å². The standard InChI is InChI=1S/C20H30Br2O4Si3/c1-27(2,23-15-17-7-11-19(21)12-8-17)25-29(5,6)26-28(3,4)24-16-18-9-13-20(22)14-10-18/h7-14H,15-16H2,1-6H3. The summed E-state index contributed by atoms with van der Waals surface area (Å²) in [5.41, 5.74) is 2.26. The van der Waals surface area contributed by atoms with Gasteiger partial charge in [0.1, 0.15) is 0 Å². The Morgan fingerprint density at radius 3 is 1.17 bits per heavy atom. The quantitative estimate of drug-likeness (QED) is 0.283. The Morgan fingerprint density at radius 1 is 0.552 bits per heavy atom. The maximum atomic E-state index is 6.45. The lowest BCUT2D eigenvalue weighted by atomic mass is 10.2. The van der Waals surface area contributed by atoms with E-state index in [1.807, 2.05) is 24.3 Å². The summed E-state index contributed by atoms with van der Waals surface area (Å²) >= 11 is 6.91. The molecule has 0 N–H and O–H groups in total. The van der Waals surface area contributed by atoms with E-state index in [1.165, 1.54) is 0 Å². The largest absolute Gasteiger partial charge is 0.415 e. The van der Waals surface area contributed by atoms with E-state index in [9.17, 15) is 0 Å². The average Bonchev–Trinajstić information content (AvgIpc) is 2.59. The summed E-state index contributed by atoms with van der Waals surface area (Å²) in [6.07, 6.45) is 0. The predicted molar refractivity (Wildman–Crippen MR) is 132 cm³/mol. The lowest BCUT2D eigenvalue weighted by Gasteiger charge is -2.37. The van der Waals surface area contributed by atoms with Crippen LogP contribution in [0.2, 0.25) is 39.3 Å². The molecular formula is C20H30Br2O4Si3. The molecule has 0 amide bonds. The molecule has 0 atom stereocenters. The molecule has 0 aliphatic carbocycles. The Hall–Kier alpha value is -0.109. The van der Waals surface area contributed by atoms with Crippen molar-refractivity contribution in [2.75, 3.05) is 0 Å². The minimum atomic E-state index is -2.41. The van der Waals surface area contributed by atoms with Gasteiger partial charge >= 0.3 is 25.7 Å². The summed E-state index contributed by atoms with van der Waals surface area (Å²) in [6.45, 7) is 13.5. The molecule has 0 aromatic heterocycles. The Bertz CT molecular complexity index is 716. The second-order valence-corrected chi connectivity index (χ2v) is 20.7. The molecule has 0 fully saturated rings. The van der Waals surface area contributed by atoms with Gasteiger partial charge in [-0.15, -0.1) is 0 Å². The first-order valence-electron chi connectivity index (χ1n) is 9.53. The summed E-state index contributed by atoms with van der Waals surface area (Å²) in [4.78, 5) is 0. The highest BCUT2D eigenvalue weighted by atomic mass is 79.9. The fourth-order valence-corrected chi connectivity index (χ4v) is 15.0. The Labute approximate surface area is 194 Å². The third kappa shape index (κ3) is 9.71. The van der Waals surface area contributed by atoms with Crippen molar-refractivity contribution in [1.82, 2.24) is 0 Å². The van der Waals surface area contributed by atoms with Crippen molar-refractivity contribution in [3.05, 3.63) is 68.6 Å². The first-order valence-corrected chi connectivity index (χ1v) is 19.6.